The maximum Gasteiger partial charge on any atom is 0.223 e. The van der Waals surface area contributed by atoms with Crippen LogP contribution in [0.1, 0.15) is 30.6 Å². The van der Waals surface area contributed by atoms with E-state index in [0.29, 0.717) is 11.7 Å². The summed E-state index contributed by atoms with van der Waals surface area (Å²) in [6, 6.07) is 5.74. The molecule has 0 atom stereocenters. The van der Waals surface area contributed by atoms with E-state index in [-0.39, 0.29) is 6.61 Å². The van der Waals surface area contributed by atoms with Crippen LogP contribution >= 0.6 is 0 Å². The first-order chi connectivity index (χ1) is 10.2. The Labute approximate surface area is 124 Å². The fourth-order valence-electron chi connectivity index (χ4n) is 1.90. The minimum Gasteiger partial charge on any atom is -0.497 e. The number of aromatic nitrogens is 2. The Morgan fingerprint density at radius 3 is 2.86 bits per heavy atom. The van der Waals surface area contributed by atoms with Gasteiger partial charge in [0.1, 0.15) is 11.5 Å². The van der Waals surface area contributed by atoms with Crippen LogP contribution in [0.15, 0.2) is 22.7 Å². The molecule has 1 N–H and O–H groups in total. The first kappa shape index (κ1) is 15.3. The van der Waals surface area contributed by atoms with E-state index in [2.05, 4.69) is 22.4 Å². The van der Waals surface area contributed by atoms with Crippen LogP contribution < -0.4 is 14.8 Å². The zero-order chi connectivity index (χ0) is 15.1. The van der Waals surface area contributed by atoms with Crippen LogP contribution in [0, 0.1) is 6.92 Å². The Kier molecular flexibility index (Phi) is 5.57. The largest absolute Gasteiger partial charge is 0.497 e. The molecule has 0 aliphatic heterocycles. The second-order valence-electron chi connectivity index (χ2n) is 4.67. The van der Waals surface area contributed by atoms with Crippen LogP contribution in [-0.4, -0.2) is 23.8 Å². The Morgan fingerprint density at radius 1 is 1.33 bits per heavy atom. The van der Waals surface area contributed by atoms with Crippen molar-refractivity contribution < 1.29 is 14.0 Å². The number of nitrogens with one attached hydrogen (secondary N) is 1. The summed E-state index contributed by atoms with van der Waals surface area (Å²) < 4.78 is 16.0. The van der Waals surface area contributed by atoms with Gasteiger partial charge in [0.15, 0.2) is 6.61 Å². The molecular formula is C15H21N3O3. The average molecular weight is 291 g/mol. The average Bonchev–Trinajstić information content (AvgIpc) is 2.91. The third-order valence-corrected chi connectivity index (χ3v) is 2.94. The van der Waals surface area contributed by atoms with Gasteiger partial charge in [0.05, 0.1) is 7.11 Å². The highest BCUT2D eigenvalue weighted by molar-refractivity contribution is 5.40. The second kappa shape index (κ2) is 7.64. The molecule has 0 saturated carbocycles. The van der Waals surface area contributed by atoms with Gasteiger partial charge in [-0.3, -0.25) is 0 Å². The van der Waals surface area contributed by atoms with E-state index in [1.807, 2.05) is 18.2 Å². The van der Waals surface area contributed by atoms with Gasteiger partial charge in [-0.2, -0.15) is 4.98 Å². The lowest BCUT2D eigenvalue weighted by atomic mass is 10.2. The molecule has 0 radical (unpaired) electrons. The summed E-state index contributed by atoms with van der Waals surface area (Å²) in [5, 5.41) is 7.18. The number of aryl methyl sites for hydroxylation is 1. The minimum atomic E-state index is 0.282. The summed E-state index contributed by atoms with van der Waals surface area (Å²) in [5.41, 5.74) is 1.04. The molecule has 21 heavy (non-hydrogen) atoms. The van der Waals surface area contributed by atoms with Crippen LogP contribution in [0.3, 0.4) is 0 Å². The number of methoxy groups -OCH3 is 1. The molecule has 2 aromatic rings. The molecule has 0 saturated heterocycles. The molecule has 0 bridgehead atoms. The van der Waals surface area contributed by atoms with E-state index in [9.17, 15) is 0 Å². The molecule has 2 rings (SSSR count). The predicted octanol–water partition coefficient (Wildman–Crippen LogP) is 2.47. The molecular weight excluding hydrogens is 270 g/mol. The van der Waals surface area contributed by atoms with Gasteiger partial charge in [-0.1, -0.05) is 12.1 Å². The van der Waals surface area contributed by atoms with Crippen molar-refractivity contribution in [1.29, 1.82) is 0 Å². The molecule has 6 heteroatoms. The lowest BCUT2D eigenvalue weighted by Crippen LogP contribution is -2.15. The quantitative estimate of drug-likeness (QED) is 0.753. The van der Waals surface area contributed by atoms with Gasteiger partial charge >= 0.3 is 0 Å². The van der Waals surface area contributed by atoms with Gasteiger partial charge in [0, 0.05) is 19.0 Å². The van der Waals surface area contributed by atoms with Crippen molar-refractivity contribution in [2.45, 2.75) is 33.4 Å². The third kappa shape index (κ3) is 4.46. The van der Waals surface area contributed by atoms with Gasteiger partial charge in [-0.15, -0.1) is 0 Å². The van der Waals surface area contributed by atoms with E-state index < -0.39 is 0 Å². The van der Waals surface area contributed by atoms with Crippen molar-refractivity contribution >= 4 is 0 Å². The Hall–Kier alpha value is -2.08. The summed E-state index contributed by atoms with van der Waals surface area (Å²) in [4.78, 5) is 4.12. The highest BCUT2D eigenvalue weighted by atomic mass is 16.5. The summed E-state index contributed by atoms with van der Waals surface area (Å²) in [5.74, 6) is 2.68. The molecule has 1 heterocycles. The van der Waals surface area contributed by atoms with Crippen molar-refractivity contribution in [1.82, 2.24) is 15.5 Å². The summed E-state index contributed by atoms with van der Waals surface area (Å²) in [7, 11) is 1.65. The number of nitrogens with zero attached hydrogens (tertiary/aromatic N) is 2. The van der Waals surface area contributed by atoms with Crippen molar-refractivity contribution in [3.8, 4) is 11.5 Å². The molecule has 1 aromatic heterocycles. The van der Waals surface area contributed by atoms with Crippen molar-refractivity contribution in [3.05, 3.63) is 35.5 Å². The summed E-state index contributed by atoms with van der Waals surface area (Å²) in [6.45, 7) is 5.86. The zero-order valence-corrected chi connectivity index (χ0v) is 12.7. The predicted molar refractivity (Wildman–Crippen MR) is 78.4 cm³/mol. The molecule has 0 spiro atoms. The van der Waals surface area contributed by atoms with Crippen LogP contribution in [0.2, 0.25) is 0 Å². The van der Waals surface area contributed by atoms with E-state index in [4.69, 9.17) is 14.0 Å². The number of hydrogen-bond acceptors (Lipinski definition) is 6. The van der Waals surface area contributed by atoms with Crippen LogP contribution in [0.5, 0.6) is 11.5 Å². The molecule has 0 fully saturated rings. The van der Waals surface area contributed by atoms with Gasteiger partial charge < -0.3 is 19.3 Å². The standard InChI is InChI=1S/C15H21N3O3/c1-4-7-16-9-12-8-13(19-3)5-6-14(12)20-10-15-17-11(2)21-18-15/h5-6,8,16H,4,7,9-10H2,1-3H3. The van der Waals surface area contributed by atoms with Crippen LogP contribution in [-0.2, 0) is 13.2 Å². The first-order valence-electron chi connectivity index (χ1n) is 7.02. The Morgan fingerprint density at radius 2 is 2.19 bits per heavy atom. The molecule has 0 unspecified atom stereocenters. The third-order valence-electron chi connectivity index (χ3n) is 2.94. The number of rotatable bonds is 8. The van der Waals surface area contributed by atoms with Gasteiger partial charge in [0.2, 0.25) is 11.7 Å². The maximum absolute atomic E-state index is 5.79. The zero-order valence-electron chi connectivity index (χ0n) is 12.7. The van der Waals surface area contributed by atoms with E-state index in [0.717, 1.165) is 36.6 Å². The molecule has 1 aromatic carbocycles. The van der Waals surface area contributed by atoms with E-state index >= 15 is 0 Å². The van der Waals surface area contributed by atoms with E-state index in [1.165, 1.54) is 0 Å². The van der Waals surface area contributed by atoms with Crippen molar-refractivity contribution in [3.63, 3.8) is 0 Å². The van der Waals surface area contributed by atoms with Crippen LogP contribution in [0.4, 0.5) is 0 Å². The highest BCUT2D eigenvalue weighted by Gasteiger charge is 2.08. The van der Waals surface area contributed by atoms with Crippen molar-refractivity contribution in [2.24, 2.45) is 0 Å². The number of ether oxygens (including phenoxy) is 2. The summed E-state index contributed by atoms with van der Waals surface area (Å²) in [6.07, 6.45) is 1.09. The SMILES string of the molecule is CCCNCc1cc(OC)ccc1OCc1noc(C)n1. The molecule has 0 amide bonds. The maximum atomic E-state index is 5.79. The molecule has 0 aliphatic rings. The topological polar surface area (TPSA) is 69.4 Å². The number of benzene rings is 1. The van der Waals surface area contributed by atoms with Gasteiger partial charge in [0.25, 0.3) is 0 Å². The lowest BCUT2D eigenvalue weighted by Gasteiger charge is -2.12. The Bertz CT molecular complexity index is 569. The van der Waals surface area contributed by atoms with Crippen molar-refractivity contribution in [2.75, 3.05) is 13.7 Å². The van der Waals surface area contributed by atoms with Gasteiger partial charge in [-0.05, 0) is 31.2 Å². The molecule has 0 aliphatic carbocycles. The van der Waals surface area contributed by atoms with E-state index in [1.54, 1.807) is 14.0 Å². The normalized spacial score (nSPS) is 10.6. The smallest absolute Gasteiger partial charge is 0.223 e. The monoisotopic (exact) mass is 291 g/mol. The Balaban J connectivity index is 2.05. The second-order valence-corrected chi connectivity index (χ2v) is 4.67. The fraction of sp³-hybridized carbons (Fsp3) is 0.467. The molecule has 6 nitrogen and oxygen atoms in total. The lowest BCUT2D eigenvalue weighted by molar-refractivity contribution is 0.282. The van der Waals surface area contributed by atoms with Gasteiger partial charge in [-0.25, -0.2) is 0 Å². The fourth-order valence-corrected chi connectivity index (χ4v) is 1.90. The first-order valence-corrected chi connectivity index (χ1v) is 7.02. The highest BCUT2D eigenvalue weighted by Crippen LogP contribution is 2.24. The van der Waals surface area contributed by atoms with Crippen LogP contribution in [0.25, 0.3) is 0 Å². The minimum absolute atomic E-state index is 0.282. The summed E-state index contributed by atoms with van der Waals surface area (Å²) >= 11 is 0. The number of hydrogen-bond donors (Lipinski definition) is 1. The molecule has 114 valence electrons.